The first-order valence-corrected chi connectivity index (χ1v) is 6.90. The Morgan fingerprint density at radius 1 is 1.45 bits per heavy atom. The van der Waals surface area contributed by atoms with Crippen LogP contribution in [0.15, 0.2) is 0 Å². The normalized spacial score (nSPS) is 25.3. The third-order valence-electron chi connectivity index (χ3n) is 3.74. The van der Waals surface area contributed by atoms with Crippen LogP contribution in [0.25, 0.3) is 0 Å². The van der Waals surface area contributed by atoms with E-state index in [2.05, 4.69) is 5.32 Å². The summed E-state index contributed by atoms with van der Waals surface area (Å²) in [4.78, 5) is 14.0. The van der Waals surface area contributed by atoms with Gasteiger partial charge in [0, 0.05) is 20.2 Å². The highest BCUT2D eigenvalue weighted by molar-refractivity contribution is 5.82. The molecular weight excluding hydrogens is 273 g/mol. The highest BCUT2D eigenvalue weighted by Crippen LogP contribution is 2.32. The van der Waals surface area contributed by atoms with Gasteiger partial charge in [0.15, 0.2) is 0 Å². The van der Waals surface area contributed by atoms with E-state index in [1.807, 2.05) is 13.8 Å². The maximum atomic E-state index is 12.6. The SMILES string of the molecule is CCN(C(=O)C1CCC(C(F)(F)F)CN1)C(C)COC. The number of nitrogens with zero attached hydrogens (tertiary/aromatic N) is 1. The number of ether oxygens (including phenoxy) is 1. The van der Waals surface area contributed by atoms with E-state index in [1.165, 1.54) is 0 Å². The fourth-order valence-electron chi connectivity index (χ4n) is 2.56. The summed E-state index contributed by atoms with van der Waals surface area (Å²) in [5.41, 5.74) is 0. The Kier molecular flexibility index (Phi) is 6.26. The number of halogens is 3. The average molecular weight is 296 g/mol. The van der Waals surface area contributed by atoms with E-state index in [0.29, 0.717) is 13.2 Å². The van der Waals surface area contributed by atoms with E-state index < -0.39 is 18.1 Å². The number of hydrogen-bond acceptors (Lipinski definition) is 3. The van der Waals surface area contributed by atoms with Gasteiger partial charge in [0.1, 0.15) is 0 Å². The van der Waals surface area contributed by atoms with Gasteiger partial charge in [-0.25, -0.2) is 0 Å². The lowest BCUT2D eigenvalue weighted by Crippen LogP contribution is -2.54. The van der Waals surface area contributed by atoms with E-state index in [-0.39, 0.29) is 31.3 Å². The average Bonchev–Trinajstić information content (AvgIpc) is 2.39. The third kappa shape index (κ3) is 4.34. The van der Waals surface area contributed by atoms with Gasteiger partial charge < -0.3 is 15.0 Å². The number of carbonyl (C=O) groups excluding carboxylic acids is 1. The van der Waals surface area contributed by atoms with E-state index in [0.717, 1.165) is 0 Å². The van der Waals surface area contributed by atoms with Crippen molar-refractivity contribution in [2.45, 2.75) is 44.9 Å². The monoisotopic (exact) mass is 296 g/mol. The molecule has 1 rings (SSSR count). The van der Waals surface area contributed by atoms with Crippen molar-refractivity contribution >= 4 is 5.91 Å². The molecular formula is C13H23F3N2O2. The molecule has 0 aromatic rings. The van der Waals surface area contributed by atoms with Crippen molar-refractivity contribution in [3.8, 4) is 0 Å². The van der Waals surface area contributed by atoms with Gasteiger partial charge in [0.2, 0.25) is 5.91 Å². The van der Waals surface area contributed by atoms with Crippen LogP contribution in [0, 0.1) is 5.92 Å². The van der Waals surface area contributed by atoms with Crippen LogP contribution in [0.4, 0.5) is 13.2 Å². The number of methoxy groups -OCH3 is 1. The van der Waals surface area contributed by atoms with Crippen molar-refractivity contribution in [2.75, 3.05) is 26.8 Å². The molecule has 1 amide bonds. The second-order valence-electron chi connectivity index (χ2n) is 5.21. The van der Waals surface area contributed by atoms with Gasteiger partial charge in [-0.15, -0.1) is 0 Å². The van der Waals surface area contributed by atoms with Crippen molar-refractivity contribution in [3.05, 3.63) is 0 Å². The van der Waals surface area contributed by atoms with Crippen molar-refractivity contribution < 1.29 is 22.7 Å². The number of hydrogen-bond donors (Lipinski definition) is 1. The molecule has 4 nitrogen and oxygen atoms in total. The fourth-order valence-corrected chi connectivity index (χ4v) is 2.56. The highest BCUT2D eigenvalue weighted by Gasteiger charge is 2.43. The molecule has 7 heteroatoms. The second-order valence-corrected chi connectivity index (χ2v) is 5.21. The van der Waals surface area contributed by atoms with Gasteiger partial charge in [-0.2, -0.15) is 13.2 Å². The molecule has 3 unspecified atom stereocenters. The van der Waals surface area contributed by atoms with Crippen LogP contribution in [-0.4, -0.2) is 55.9 Å². The maximum Gasteiger partial charge on any atom is 0.393 e. The zero-order valence-electron chi connectivity index (χ0n) is 12.2. The zero-order valence-corrected chi connectivity index (χ0v) is 12.2. The van der Waals surface area contributed by atoms with Crippen LogP contribution in [0.3, 0.4) is 0 Å². The Balaban J connectivity index is 2.57. The van der Waals surface area contributed by atoms with Crippen LogP contribution in [0.2, 0.25) is 0 Å². The van der Waals surface area contributed by atoms with Crippen molar-refractivity contribution in [1.29, 1.82) is 0 Å². The number of piperidine rings is 1. The van der Waals surface area contributed by atoms with E-state index >= 15 is 0 Å². The third-order valence-corrected chi connectivity index (χ3v) is 3.74. The number of alkyl halides is 3. The highest BCUT2D eigenvalue weighted by atomic mass is 19.4. The molecule has 1 heterocycles. The summed E-state index contributed by atoms with van der Waals surface area (Å²) in [6.07, 6.45) is -3.96. The summed E-state index contributed by atoms with van der Waals surface area (Å²) in [5, 5.41) is 2.74. The first-order valence-electron chi connectivity index (χ1n) is 6.90. The summed E-state index contributed by atoms with van der Waals surface area (Å²) < 4.78 is 42.7. The van der Waals surface area contributed by atoms with E-state index in [9.17, 15) is 18.0 Å². The molecule has 118 valence electrons. The lowest BCUT2D eigenvalue weighted by atomic mass is 9.93. The molecule has 3 atom stereocenters. The van der Waals surface area contributed by atoms with Crippen LogP contribution in [0.5, 0.6) is 0 Å². The largest absolute Gasteiger partial charge is 0.393 e. The lowest BCUT2D eigenvalue weighted by molar-refractivity contribution is -0.181. The summed E-state index contributed by atoms with van der Waals surface area (Å²) >= 11 is 0. The molecule has 1 fully saturated rings. The van der Waals surface area contributed by atoms with Gasteiger partial charge in [-0.3, -0.25) is 4.79 Å². The van der Waals surface area contributed by atoms with Crippen LogP contribution in [0.1, 0.15) is 26.7 Å². The molecule has 0 aromatic heterocycles. The van der Waals surface area contributed by atoms with Crippen LogP contribution in [-0.2, 0) is 9.53 Å². The minimum Gasteiger partial charge on any atom is -0.383 e. The van der Waals surface area contributed by atoms with Gasteiger partial charge in [-0.05, 0) is 26.7 Å². The minimum atomic E-state index is -4.19. The van der Waals surface area contributed by atoms with Crippen molar-refractivity contribution in [3.63, 3.8) is 0 Å². The molecule has 0 saturated carbocycles. The summed E-state index contributed by atoms with van der Waals surface area (Å²) in [5.74, 6) is -1.49. The minimum absolute atomic E-state index is 0.00309. The van der Waals surface area contributed by atoms with E-state index in [1.54, 1.807) is 12.0 Å². The summed E-state index contributed by atoms with van der Waals surface area (Å²) in [7, 11) is 1.56. The Morgan fingerprint density at radius 2 is 2.10 bits per heavy atom. The molecule has 1 aliphatic rings. The first kappa shape index (κ1) is 17.2. The Hall–Kier alpha value is -0.820. The summed E-state index contributed by atoms with van der Waals surface area (Å²) in [6, 6.07) is -0.604. The number of carbonyl (C=O) groups is 1. The number of nitrogens with one attached hydrogen (secondary N) is 1. The molecule has 1 N–H and O–H groups in total. The molecule has 1 aliphatic heterocycles. The molecule has 0 aliphatic carbocycles. The Bertz CT molecular complexity index is 315. The van der Waals surface area contributed by atoms with Gasteiger partial charge >= 0.3 is 6.18 Å². The van der Waals surface area contributed by atoms with Crippen molar-refractivity contribution in [1.82, 2.24) is 10.2 Å². The number of amides is 1. The molecule has 0 bridgehead atoms. The standard InChI is InChI=1S/C13H23F3N2O2/c1-4-18(9(2)8-20-3)12(19)11-6-5-10(7-17-11)13(14,15)16/h9-11,17H,4-8H2,1-3H3. The van der Waals surface area contributed by atoms with Gasteiger partial charge in [0.25, 0.3) is 0 Å². The molecule has 20 heavy (non-hydrogen) atoms. The second kappa shape index (κ2) is 7.26. The molecule has 0 radical (unpaired) electrons. The maximum absolute atomic E-state index is 12.6. The van der Waals surface area contributed by atoms with Crippen LogP contribution >= 0.6 is 0 Å². The van der Waals surface area contributed by atoms with Gasteiger partial charge in [0.05, 0.1) is 24.6 Å². The quantitative estimate of drug-likeness (QED) is 0.841. The predicted octanol–water partition coefficient (Wildman–Crippen LogP) is 1.80. The number of rotatable bonds is 5. The molecule has 0 aromatic carbocycles. The zero-order chi connectivity index (χ0) is 15.3. The topological polar surface area (TPSA) is 41.6 Å². The molecule has 0 spiro atoms. The smallest absolute Gasteiger partial charge is 0.383 e. The lowest BCUT2D eigenvalue weighted by Gasteiger charge is -2.35. The first-order chi connectivity index (χ1) is 9.31. The van der Waals surface area contributed by atoms with E-state index in [4.69, 9.17) is 4.74 Å². The molecule has 1 saturated heterocycles. The number of likely N-dealkylation sites (N-methyl/N-ethyl adjacent to an activating group) is 1. The Morgan fingerprint density at radius 3 is 2.50 bits per heavy atom. The Labute approximate surface area is 117 Å². The summed E-state index contributed by atoms with van der Waals surface area (Å²) in [6.45, 7) is 4.47. The fraction of sp³-hybridized carbons (Fsp3) is 0.923. The van der Waals surface area contributed by atoms with Crippen molar-refractivity contribution in [2.24, 2.45) is 5.92 Å². The van der Waals surface area contributed by atoms with Gasteiger partial charge in [-0.1, -0.05) is 0 Å². The van der Waals surface area contributed by atoms with Crippen LogP contribution < -0.4 is 5.32 Å². The predicted molar refractivity (Wildman–Crippen MR) is 69.3 cm³/mol.